The van der Waals surface area contributed by atoms with Gasteiger partial charge in [-0.3, -0.25) is 14.7 Å². The third kappa shape index (κ3) is 4.77. The molecule has 0 saturated carbocycles. The lowest BCUT2D eigenvalue weighted by atomic mass is 10.0. The number of nitrogens with zero attached hydrogens (tertiary/aromatic N) is 2. The predicted molar refractivity (Wildman–Crippen MR) is 118 cm³/mol. The van der Waals surface area contributed by atoms with E-state index in [2.05, 4.69) is 46.4 Å². The molecule has 0 atom stereocenters. The van der Waals surface area contributed by atoms with Gasteiger partial charge in [-0.1, -0.05) is 41.4 Å². The fourth-order valence-electron chi connectivity index (χ4n) is 4.04. The molecule has 1 aliphatic rings. The van der Waals surface area contributed by atoms with Gasteiger partial charge in [0.2, 0.25) is 0 Å². The van der Waals surface area contributed by atoms with Crippen LogP contribution in [0.1, 0.15) is 40.0 Å². The number of fused-ring (bicyclic) bond motifs is 1. The number of likely N-dealkylation sites (tertiary alicyclic amines) is 1. The summed E-state index contributed by atoms with van der Waals surface area (Å²) in [6, 6.07) is 16.3. The van der Waals surface area contributed by atoms with E-state index >= 15 is 0 Å². The second-order valence-electron chi connectivity index (χ2n) is 7.97. The molecule has 1 fully saturated rings. The summed E-state index contributed by atoms with van der Waals surface area (Å²) >= 11 is 6.09. The number of aromatic nitrogens is 1. The SMILES string of the molecule is Cc1cccc(CN2CCC(NC(=O)c3cc4cc(Cl)ccc4nc3C)CC2)c1. The van der Waals surface area contributed by atoms with E-state index < -0.39 is 0 Å². The topological polar surface area (TPSA) is 45.2 Å². The van der Waals surface area contributed by atoms with E-state index in [9.17, 15) is 4.79 Å². The van der Waals surface area contributed by atoms with Crippen LogP contribution in [0.3, 0.4) is 0 Å². The molecule has 5 heteroatoms. The Morgan fingerprint density at radius 1 is 1.14 bits per heavy atom. The second kappa shape index (κ2) is 8.52. The van der Waals surface area contributed by atoms with E-state index in [0.717, 1.165) is 49.1 Å². The summed E-state index contributed by atoms with van der Waals surface area (Å²) in [7, 11) is 0. The minimum absolute atomic E-state index is 0.0472. The highest BCUT2D eigenvalue weighted by Crippen LogP contribution is 2.21. The Bertz CT molecular complexity index is 1040. The number of pyridine rings is 1. The molecule has 4 nitrogen and oxygen atoms in total. The van der Waals surface area contributed by atoms with Gasteiger partial charge in [-0.15, -0.1) is 0 Å². The molecule has 0 unspecified atom stereocenters. The quantitative estimate of drug-likeness (QED) is 0.669. The summed E-state index contributed by atoms with van der Waals surface area (Å²) in [6.07, 6.45) is 1.92. The van der Waals surface area contributed by atoms with Crippen LogP contribution in [0.2, 0.25) is 5.02 Å². The number of rotatable bonds is 4. The van der Waals surface area contributed by atoms with Crippen LogP contribution in [0, 0.1) is 13.8 Å². The summed E-state index contributed by atoms with van der Waals surface area (Å²) in [6.45, 7) is 6.96. The third-order valence-electron chi connectivity index (χ3n) is 5.62. The van der Waals surface area contributed by atoms with Crippen LogP contribution >= 0.6 is 11.6 Å². The van der Waals surface area contributed by atoms with Crippen LogP contribution in [0.15, 0.2) is 48.5 Å². The van der Waals surface area contributed by atoms with Crippen molar-refractivity contribution in [2.24, 2.45) is 0 Å². The molecule has 0 aliphatic carbocycles. The number of aryl methyl sites for hydroxylation is 2. The van der Waals surface area contributed by atoms with Gasteiger partial charge in [0, 0.05) is 36.1 Å². The van der Waals surface area contributed by atoms with Crippen LogP contribution in [0.25, 0.3) is 10.9 Å². The van der Waals surface area contributed by atoms with Gasteiger partial charge in [0.25, 0.3) is 5.91 Å². The number of halogens is 1. The maximum atomic E-state index is 12.9. The molecule has 2 aromatic carbocycles. The Balaban J connectivity index is 1.37. The molecule has 3 aromatic rings. The lowest BCUT2D eigenvalue weighted by molar-refractivity contribution is 0.0908. The number of benzene rings is 2. The number of carbonyl (C=O) groups is 1. The normalized spacial score (nSPS) is 15.6. The minimum atomic E-state index is -0.0472. The highest BCUT2D eigenvalue weighted by Gasteiger charge is 2.22. The van der Waals surface area contributed by atoms with E-state index in [1.165, 1.54) is 11.1 Å². The summed E-state index contributed by atoms with van der Waals surface area (Å²) in [5.74, 6) is -0.0472. The Labute approximate surface area is 176 Å². The zero-order valence-corrected chi connectivity index (χ0v) is 17.7. The summed E-state index contributed by atoms with van der Waals surface area (Å²) in [4.78, 5) is 19.9. The largest absolute Gasteiger partial charge is 0.349 e. The first-order valence-corrected chi connectivity index (χ1v) is 10.5. The average molecular weight is 408 g/mol. The van der Waals surface area contributed by atoms with Crippen LogP contribution in [-0.4, -0.2) is 34.9 Å². The van der Waals surface area contributed by atoms with Crippen LogP contribution in [0.4, 0.5) is 0 Å². The Morgan fingerprint density at radius 2 is 1.93 bits per heavy atom. The number of amides is 1. The van der Waals surface area contributed by atoms with Gasteiger partial charge in [-0.25, -0.2) is 0 Å². The minimum Gasteiger partial charge on any atom is -0.349 e. The third-order valence-corrected chi connectivity index (χ3v) is 5.86. The molecule has 0 spiro atoms. The summed E-state index contributed by atoms with van der Waals surface area (Å²) < 4.78 is 0. The lowest BCUT2D eigenvalue weighted by Crippen LogP contribution is -2.44. The van der Waals surface area contributed by atoms with Gasteiger partial charge >= 0.3 is 0 Å². The first kappa shape index (κ1) is 19.9. The Kier molecular flexibility index (Phi) is 5.84. The van der Waals surface area contributed by atoms with Crippen molar-refractivity contribution in [2.45, 2.75) is 39.3 Å². The molecule has 0 radical (unpaired) electrons. The molecule has 1 N–H and O–H groups in total. The number of hydrogen-bond donors (Lipinski definition) is 1. The predicted octanol–water partition coefficient (Wildman–Crippen LogP) is 4.90. The molecule has 0 bridgehead atoms. The van der Waals surface area contributed by atoms with Crippen molar-refractivity contribution >= 4 is 28.4 Å². The van der Waals surface area contributed by atoms with Crippen LogP contribution in [0.5, 0.6) is 0 Å². The Morgan fingerprint density at radius 3 is 2.69 bits per heavy atom. The summed E-state index contributed by atoms with van der Waals surface area (Å²) in [5, 5.41) is 4.75. The van der Waals surface area contributed by atoms with Crippen molar-refractivity contribution in [3.8, 4) is 0 Å². The number of nitrogens with one attached hydrogen (secondary N) is 1. The molecular formula is C24H26ClN3O. The maximum Gasteiger partial charge on any atom is 0.253 e. The molecule has 2 heterocycles. The van der Waals surface area contributed by atoms with Gasteiger partial charge in [-0.05, 0) is 56.5 Å². The fourth-order valence-corrected chi connectivity index (χ4v) is 4.22. The van der Waals surface area contributed by atoms with Crippen molar-refractivity contribution in [2.75, 3.05) is 13.1 Å². The average Bonchev–Trinajstić information content (AvgIpc) is 2.69. The monoisotopic (exact) mass is 407 g/mol. The van der Waals surface area contributed by atoms with Gasteiger partial charge in [-0.2, -0.15) is 0 Å². The Hall–Kier alpha value is -2.43. The first-order chi connectivity index (χ1) is 14.0. The van der Waals surface area contributed by atoms with E-state index in [1.807, 2.05) is 31.2 Å². The van der Waals surface area contributed by atoms with Crippen LogP contribution in [-0.2, 0) is 6.54 Å². The molecule has 150 valence electrons. The number of hydrogen-bond acceptors (Lipinski definition) is 3. The highest BCUT2D eigenvalue weighted by molar-refractivity contribution is 6.31. The van der Waals surface area contributed by atoms with Crippen molar-refractivity contribution in [1.82, 2.24) is 15.2 Å². The number of piperidine rings is 1. The molecule has 29 heavy (non-hydrogen) atoms. The molecule has 4 rings (SSSR count). The first-order valence-electron chi connectivity index (χ1n) is 10.1. The molecular weight excluding hydrogens is 382 g/mol. The van der Waals surface area contributed by atoms with E-state index in [1.54, 1.807) is 0 Å². The lowest BCUT2D eigenvalue weighted by Gasteiger charge is -2.32. The van der Waals surface area contributed by atoms with Crippen LogP contribution < -0.4 is 5.32 Å². The summed E-state index contributed by atoms with van der Waals surface area (Å²) in [5.41, 5.74) is 4.87. The molecule has 1 aliphatic heterocycles. The van der Waals surface area contributed by atoms with Gasteiger partial charge < -0.3 is 5.32 Å². The van der Waals surface area contributed by atoms with Crippen molar-refractivity contribution in [1.29, 1.82) is 0 Å². The van der Waals surface area contributed by atoms with Crippen molar-refractivity contribution in [3.63, 3.8) is 0 Å². The second-order valence-corrected chi connectivity index (χ2v) is 8.41. The molecule has 1 saturated heterocycles. The van der Waals surface area contributed by atoms with Gasteiger partial charge in [0.15, 0.2) is 0 Å². The van der Waals surface area contributed by atoms with E-state index in [-0.39, 0.29) is 11.9 Å². The number of carbonyl (C=O) groups excluding carboxylic acids is 1. The van der Waals surface area contributed by atoms with Gasteiger partial charge in [0.1, 0.15) is 0 Å². The van der Waals surface area contributed by atoms with E-state index in [0.29, 0.717) is 10.6 Å². The molecule has 1 amide bonds. The zero-order chi connectivity index (χ0) is 20.4. The van der Waals surface area contributed by atoms with Crippen molar-refractivity contribution in [3.05, 3.63) is 75.9 Å². The highest BCUT2D eigenvalue weighted by atomic mass is 35.5. The smallest absolute Gasteiger partial charge is 0.253 e. The standard InChI is InChI=1S/C24H26ClN3O/c1-16-4-3-5-18(12-16)15-28-10-8-21(9-11-28)27-24(29)22-14-19-13-20(25)6-7-23(19)26-17(22)2/h3-7,12-14,21H,8-11,15H2,1-2H3,(H,27,29). The van der Waals surface area contributed by atoms with Gasteiger partial charge in [0.05, 0.1) is 16.8 Å². The van der Waals surface area contributed by atoms with Crippen molar-refractivity contribution < 1.29 is 4.79 Å². The maximum absolute atomic E-state index is 12.9. The molecule has 1 aromatic heterocycles. The van der Waals surface area contributed by atoms with E-state index in [4.69, 9.17) is 11.6 Å². The fraction of sp³-hybridized carbons (Fsp3) is 0.333. The zero-order valence-electron chi connectivity index (χ0n) is 16.9.